The van der Waals surface area contributed by atoms with Crippen LogP contribution in [0.4, 0.5) is 5.82 Å². The van der Waals surface area contributed by atoms with Gasteiger partial charge in [0, 0.05) is 4.88 Å². The van der Waals surface area contributed by atoms with Crippen molar-refractivity contribution < 1.29 is 9.52 Å². The monoisotopic (exact) mass is 400 g/mol. The van der Waals surface area contributed by atoms with Gasteiger partial charge in [-0.05, 0) is 71.3 Å². The molecule has 28 heavy (non-hydrogen) atoms. The first-order valence-electron chi connectivity index (χ1n) is 9.85. The minimum Gasteiger partial charge on any atom is -0.463 e. The van der Waals surface area contributed by atoms with Crippen molar-refractivity contribution in [2.24, 2.45) is 0 Å². The van der Waals surface area contributed by atoms with Crippen LogP contribution in [0.25, 0.3) is 10.2 Å². The van der Waals surface area contributed by atoms with E-state index in [1.807, 2.05) is 19.1 Å². The largest absolute Gasteiger partial charge is 0.463 e. The van der Waals surface area contributed by atoms with Gasteiger partial charge in [-0.15, -0.1) is 11.3 Å². The molecule has 0 aliphatic carbocycles. The van der Waals surface area contributed by atoms with E-state index in [4.69, 9.17) is 14.4 Å². The van der Waals surface area contributed by atoms with Crippen molar-refractivity contribution in [3.63, 3.8) is 0 Å². The molecule has 7 heteroatoms. The van der Waals surface area contributed by atoms with Crippen molar-refractivity contribution in [1.29, 1.82) is 0 Å². The Hall–Kier alpha value is -1.96. The Bertz CT molecular complexity index is 986. The van der Waals surface area contributed by atoms with Crippen LogP contribution in [-0.4, -0.2) is 39.6 Å². The molecule has 0 spiro atoms. The normalized spacial score (nSPS) is 17.3. The van der Waals surface area contributed by atoms with Crippen LogP contribution in [0.2, 0.25) is 0 Å². The third kappa shape index (κ3) is 3.79. The van der Waals surface area contributed by atoms with Crippen molar-refractivity contribution in [3.05, 3.63) is 39.9 Å². The summed E-state index contributed by atoms with van der Waals surface area (Å²) in [6.45, 7) is 11.2. The molecule has 0 bridgehead atoms. The van der Waals surface area contributed by atoms with Gasteiger partial charge in [0.15, 0.2) is 0 Å². The van der Waals surface area contributed by atoms with E-state index in [2.05, 4.69) is 24.1 Å². The van der Waals surface area contributed by atoms with Crippen LogP contribution >= 0.6 is 11.3 Å². The number of fused-ring (bicyclic) bond motifs is 1. The molecule has 1 aliphatic rings. The fraction of sp³-hybridized carbons (Fsp3) is 0.524. The van der Waals surface area contributed by atoms with E-state index < -0.39 is 5.60 Å². The molecule has 1 aliphatic heterocycles. The minimum absolute atomic E-state index is 0.309. The number of thiophene rings is 1. The predicted octanol–water partition coefficient (Wildman–Crippen LogP) is 4.12. The number of rotatable bonds is 6. The Balaban J connectivity index is 1.63. The van der Waals surface area contributed by atoms with Crippen LogP contribution in [0.3, 0.4) is 0 Å². The van der Waals surface area contributed by atoms with Crippen LogP contribution in [0.15, 0.2) is 16.5 Å². The quantitative estimate of drug-likeness (QED) is 0.648. The highest BCUT2D eigenvalue weighted by Crippen LogP contribution is 2.34. The van der Waals surface area contributed by atoms with Crippen molar-refractivity contribution in [3.8, 4) is 0 Å². The fourth-order valence-corrected chi connectivity index (χ4v) is 4.75. The molecule has 3 aromatic rings. The van der Waals surface area contributed by atoms with Crippen molar-refractivity contribution >= 4 is 27.4 Å². The summed E-state index contributed by atoms with van der Waals surface area (Å²) in [5.41, 5.74) is 0.0725. The lowest BCUT2D eigenvalue weighted by molar-refractivity contribution is 0.0467. The number of nitrogens with one attached hydrogen (secondary N) is 1. The average molecular weight is 401 g/mol. The van der Waals surface area contributed by atoms with Gasteiger partial charge in [0.2, 0.25) is 0 Å². The van der Waals surface area contributed by atoms with Gasteiger partial charge in [-0.2, -0.15) is 0 Å². The van der Waals surface area contributed by atoms with Gasteiger partial charge in [-0.1, -0.05) is 0 Å². The molecular formula is C21H28N4O2S. The van der Waals surface area contributed by atoms with Crippen LogP contribution in [-0.2, 0) is 12.1 Å². The van der Waals surface area contributed by atoms with Crippen LogP contribution in [0.5, 0.6) is 0 Å². The maximum absolute atomic E-state index is 10.9. The molecule has 1 saturated heterocycles. The summed E-state index contributed by atoms with van der Waals surface area (Å²) in [4.78, 5) is 14.3. The summed E-state index contributed by atoms with van der Waals surface area (Å²) in [7, 11) is 0. The topological polar surface area (TPSA) is 74.4 Å². The fourth-order valence-electron chi connectivity index (χ4n) is 3.70. The molecule has 0 aromatic carbocycles. The lowest BCUT2D eigenvalue weighted by Gasteiger charge is -2.22. The number of hydrogen-bond acceptors (Lipinski definition) is 7. The van der Waals surface area contributed by atoms with E-state index >= 15 is 0 Å². The lowest BCUT2D eigenvalue weighted by Crippen LogP contribution is -2.30. The second-order valence-electron chi connectivity index (χ2n) is 7.97. The van der Waals surface area contributed by atoms with Gasteiger partial charge in [0.25, 0.3) is 0 Å². The summed E-state index contributed by atoms with van der Waals surface area (Å²) >= 11 is 1.71. The maximum atomic E-state index is 10.9. The zero-order valence-electron chi connectivity index (χ0n) is 17.0. The molecule has 3 aromatic heterocycles. The second kappa shape index (κ2) is 7.46. The van der Waals surface area contributed by atoms with E-state index in [0.29, 0.717) is 12.3 Å². The maximum Gasteiger partial charge on any atom is 0.146 e. The molecule has 1 unspecified atom stereocenters. The third-order valence-corrected chi connectivity index (χ3v) is 6.61. The van der Waals surface area contributed by atoms with Crippen molar-refractivity contribution in [2.45, 2.75) is 52.7 Å². The zero-order chi connectivity index (χ0) is 19.9. The molecule has 2 N–H and O–H groups in total. The third-order valence-electron chi connectivity index (χ3n) is 5.51. The smallest absolute Gasteiger partial charge is 0.146 e. The van der Waals surface area contributed by atoms with E-state index in [0.717, 1.165) is 47.3 Å². The first-order valence-corrected chi connectivity index (χ1v) is 10.7. The van der Waals surface area contributed by atoms with E-state index in [1.54, 1.807) is 18.3 Å². The number of likely N-dealkylation sites (tertiary alicyclic amines) is 1. The first-order chi connectivity index (χ1) is 13.3. The molecule has 0 saturated carbocycles. The highest BCUT2D eigenvalue weighted by Gasteiger charge is 2.28. The van der Waals surface area contributed by atoms with Crippen LogP contribution < -0.4 is 5.32 Å². The van der Waals surface area contributed by atoms with Crippen molar-refractivity contribution in [1.82, 2.24) is 14.9 Å². The van der Waals surface area contributed by atoms with Crippen LogP contribution in [0, 0.1) is 20.8 Å². The average Bonchev–Trinajstić information content (AvgIpc) is 3.36. The zero-order valence-corrected chi connectivity index (χ0v) is 17.8. The molecule has 4 rings (SSSR count). The second-order valence-corrected chi connectivity index (χ2v) is 9.18. The van der Waals surface area contributed by atoms with E-state index in [1.165, 1.54) is 23.3 Å². The van der Waals surface area contributed by atoms with Gasteiger partial charge in [0.05, 0.1) is 18.5 Å². The van der Waals surface area contributed by atoms with Gasteiger partial charge in [0.1, 0.15) is 33.6 Å². The molecular weight excluding hydrogens is 372 g/mol. The summed E-state index contributed by atoms with van der Waals surface area (Å²) in [6, 6.07) is 3.69. The van der Waals surface area contributed by atoms with Gasteiger partial charge >= 0.3 is 0 Å². The number of furan rings is 1. The summed E-state index contributed by atoms with van der Waals surface area (Å²) in [5, 5.41) is 15.3. The number of hydrogen-bond donors (Lipinski definition) is 2. The Morgan fingerprint density at radius 1 is 1.21 bits per heavy atom. The van der Waals surface area contributed by atoms with Crippen LogP contribution in [0.1, 0.15) is 47.6 Å². The van der Waals surface area contributed by atoms with Gasteiger partial charge in [-0.25, -0.2) is 9.97 Å². The number of aliphatic hydroxyl groups is 1. The lowest BCUT2D eigenvalue weighted by atomic mass is 10.0. The number of nitrogens with zero attached hydrogens (tertiary/aromatic N) is 3. The van der Waals surface area contributed by atoms with E-state index in [-0.39, 0.29) is 0 Å². The highest BCUT2D eigenvalue weighted by atomic mass is 32.1. The summed E-state index contributed by atoms with van der Waals surface area (Å²) < 4.78 is 5.64. The minimum atomic E-state index is -1.13. The Morgan fingerprint density at radius 2 is 1.96 bits per heavy atom. The Morgan fingerprint density at radius 3 is 2.64 bits per heavy atom. The predicted molar refractivity (Wildman–Crippen MR) is 113 cm³/mol. The highest BCUT2D eigenvalue weighted by molar-refractivity contribution is 7.18. The molecule has 6 nitrogen and oxygen atoms in total. The Labute approximate surface area is 169 Å². The van der Waals surface area contributed by atoms with Gasteiger partial charge < -0.3 is 14.8 Å². The molecule has 1 fully saturated rings. The van der Waals surface area contributed by atoms with Gasteiger partial charge in [-0.3, -0.25) is 4.90 Å². The molecule has 1 atom stereocenters. The SMILES string of the molecule is Cc1ccc(C(C)(O)CNc2nc(CN3CCCC3)nc3sc(C)c(C)c23)o1. The first kappa shape index (κ1) is 19.4. The number of anilines is 1. The molecule has 0 amide bonds. The summed E-state index contributed by atoms with van der Waals surface area (Å²) in [6.07, 6.45) is 2.49. The molecule has 4 heterocycles. The number of aromatic nitrogens is 2. The standard InChI is InChI=1S/C21H28N4O2S/c1-13-7-8-16(27-13)21(4,26)12-22-19-18-14(2)15(3)28-20(18)24-17(23-19)11-25-9-5-6-10-25/h7-8,26H,5-6,9-12H2,1-4H3,(H,22,23,24). The molecule has 150 valence electrons. The summed E-state index contributed by atoms with van der Waals surface area (Å²) in [5.74, 6) is 2.98. The number of aryl methyl sites for hydroxylation is 3. The van der Waals surface area contributed by atoms with Crippen molar-refractivity contribution in [2.75, 3.05) is 25.0 Å². The van der Waals surface area contributed by atoms with E-state index in [9.17, 15) is 5.11 Å². The Kier molecular flexibility index (Phi) is 5.16. The molecule has 0 radical (unpaired) electrons.